The molecule has 0 fully saturated rings. The van der Waals surface area contributed by atoms with Crippen molar-refractivity contribution in [2.45, 2.75) is 51.7 Å². The number of amides is 1. The molecule has 1 aromatic rings. The maximum atomic E-state index is 12.0. The van der Waals surface area contributed by atoms with E-state index < -0.39 is 0 Å². The molecule has 0 bridgehead atoms. The molecule has 0 spiro atoms. The number of rotatable bonds is 5. The van der Waals surface area contributed by atoms with Gasteiger partial charge in [-0.25, -0.2) is 0 Å². The van der Waals surface area contributed by atoms with E-state index in [0.29, 0.717) is 6.42 Å². The summed E-state index contributed by atoms with van der Waals surface area (Å²) in [6.45, 7) is 2.10. The molecule has 108 valence electrons. The van der Waals surface area contributed by atoms with Crippen LogP contribution in [0.4, 0.5) is 0 Å². The minimum absolute atomic E-state index is 0.0394. The fourth-order valence-corrected chi connectivity index (χ4v) is 2.59. The number of carbonyl (C=O) groups is 1. The Kier molecular flexibility index (Phi) is 5.36. The second-order valence-corrected chi connectivity index (χ2v) is 5.47. The number of hydrogen-bond acceptors (Lipinski definition) is 2. The summed E-state index contributed by atoms with van der Waals surface area (Å²) < 4.78 is 0. The quantitative estimate of drug-likeness (QED) is 0.810. The van der Waals surface area contributed by atoms with E-state index in [1.54, 1.807) is 0 Å². The number of aliphatic hydroxyl groups is 1. The van der Waals surface area contributed by atoms with E-state index in [1.807, 2.05) is 24.3 Å². The predicted molar refractivity (Wildman–Crippen MR) is 80.2 cm³/mol. The van der Waals surface area contributed by atoms with Gasteiger partial charge in [0.15, 0.2) is 0 Å². The van der Waals surface area contributed by atoms with Crippen molar-refractivity contribution in [3.8, 4) is 0 Å². The molecule has 0 radical (unpaired) electrons. The monoisotopic (exact) mass is 273 g/mol. The van der Waals surface area contributed by atoms with Crippen LogP contribution in [0.1, 0.15) is 43.7 Å². The van der Waals surface area contributed by atoms with Gasteiger partial charge < -0.3 is 10.4 Å². The molecule has 0 saturated heterocycles. The zero-order chi connectivity index (χ0) is 14.4. The molecule has 0 aliphatic heterocycles. The van der Waals surface area contributed by atoms with Crippen molar-refractivity contribution in [1.82, 2.24) is 5.32 Å². The summed E-state index contributed by atoms with van der Waals surface area (Å²) in [7, 11) is 0. The van der Waals surface area contributed by atoms with Gasteiger partial charge in [0, 0.05) is 6.04 Å². The van der Waals surface area contributed by atoms with Crippen molar-refractivity contribution in [2.75, 3.05) is 0 Å². The Morgan fingerprint density at radius 1 is 1.25 bits per heavy atom. The Hall–Kier alpha value is -1.61. The van der Waals surface area contributed by atoms with E-state index in [2.05, 4.69) is 18.3 Å². The summed E-state index contributed by atoms with van der Waals surface area (Å²) in [6, 6.07) is 7.65. The predicted octanol–water partition coefficient (Wildman–Crippen LogP) is 2.73. The fraction of sp³-hybridized carbons (Fsp3) is 0.471. The number of aliphatic hydroxyl groups excluding tert-OH is 1. The largest absolute Gasteiger partial charge is 0.392 e. The zero-order valence-electron chi connectivity index (χ0n) is 12.1. The Morgan fingerprint density at radius 3 is 2.55 bits per heavy atom. The van der Waals surface area contributed by atoms with Gasteiger partial charge >= 0.3 is 0 Å². The third-order valence-corrected chi connectivity index (χ3v) is 3.83. The van der Waals surface area contributed by atoms with E-state index in [9.17, 15) is 4.79 Å². The van der Waals surface area contributed by atoms with E-state index in [1.165, 1.54) is 18.4 Å². The maximum Gasteiger partial charge on any atom is 0.224 e. The number of allylic oxidation sites excluding steroid dienone is 1. The molecule has 20 heavy (non-hydrogen) atoms. The summed E-state index contributed by atoms with van der Waals surface area (Å²) in [4.78, 5) is 12.0. The molecule has 0 saturated carbocycles. The van der Waals surface area contributed by atoms with E-state index >= 15 is 0 Å². The molecule has 2 rings (SSSR count). The van der Waals surface area contributed by atoms with Gasteiger partial charge in [0.1, 0.15) is 0 Å². The number of nitrogens with one attached hydrogen (secondary N) is 1. The number of hydrogen-bond donors (Lipinski definition) is 2. The molecule has 0 heterocycles. The third kappa shape index (κ3) is 4.20. The van der Waals surface area contributed by atoms with E-state index in [0.717, 1.165) is 24.0 Å². The first-order valence-corrected chi connectivity index (χ1v) is 7.36. The summed E-state index contributed by atoms with van der Waals surface area (Å²) in [5.74, 6) is 0.0562. The van der Waals surface area contributed by atoms with Crippen molar-refractivity contribution in [2.24, 2.45) is 0 Å². The third-order valence-electron chi connectivity index (χ3n) is 3.83. The van der Waals surface area contributed by atoms with Crippen LogP contribution in [-0.2, 0) is 17.8 Å². The van der Waals surface area contributed by atoms with Crippen LogP contribution in [0.25, 0.3) is 0 Å². The molecule has 1 aliphatic rings. The molecule has 1 aliphatic carbocycles. The maximum absolute atomic E-state index is 12.0. The van der Waals surface area contributed by atoms with Gasteiger partial charge in [0.25, 0.3) is 0 Å². The Balaban J connectivity index is 1.86. The molecule has 1 amide bonds. The van der Waals surface area contributed by atoms with Gasteiger partial charge in [-0.05, 0) is 43.7 Å². The molecule has 1 aromatic carbocycles. The Bertz CT molecular complexity index is 476. The topological polar surface area (TPSA) is 49.3 Å². The fourth-order valence-electron chi connectivity index (χ4n) is 2.59. The second kappa shape index (κ2) is 7.25. The highest BCUT2D eigenvalue weighted by molar-refractivity contribution is 5.79. The highest BCUT2D eigenvalue weighted by Gasteiger charge is 2.14. The van der Waals surface area contributed by atoms with Crippen LogP contribution < -0.4 is 5.32 Å². The summed E-state index contributed by atoms with van der Waals surface area (Å²) in [5, 5.41) is 12.1. The average molecular weight is 273 g/mol. The second-order valence-electron chi connectivity index (χ2n) is 5.47. The molecule has 2 N–H and O–H groups in total. The van der Waals surface area contributed by atoms with Gasteiger partial charge in [-0.2, -0.15) is 0 Å². The molecular formula is C17H23NO2. The van der Waals surface area contributed by atoms with Gasteiger partial charge in [-0.15, -0.1) is 0 Å². The Morgan fingerprint density at radius 2 is 1.95 bits per heavy atom. The van der Waals surface area contributed by atoms with Gasteiger partial charge in [-0.1, -0.05) is 35.9 Å². The number of benzene rings is 1. The van der Waals surface area contributed by atoms with Gasteiger partial charge in [0.05, 0.1) is 13.0 Å². The standard InChI is InChI=1S/C17H23NO2/c1-13(16-5-3-2-4-6-16)18-17(20)11-14-7-9-15(12-19)10-8-14/h5,7-10,13,19H,2-4,6,11-12H2,1H3,(H,18,20). The highest BCUT2D eigenvalue weighted by Crippen LogP contribution is 2.20. The van der Waals surface area contributed by atoms with Gasteiger partial charge in [0.2, 0.25) is 5.91 Å². The van der Waals surface area contributed by atoms with Crippen molar-refractivity contribution in [3.05, 3.63) is 47.0 Å². The van der Waals surface area contributed by atoms with Crippen LogP contribution in [0.5, 0.6) is 0 Å². The minimum atomic E-state index is 0.0394. The van der Waals surface area contributed by atoms with Crippen LogP contribution in [0.3, 0.4) is 0 Å². The highest BCUT2D eigenvalue weighted by atomic mass is 16.3. The first-order chi connectivity index (χ1) is 9.69. The molecule has 3 nitrogen and oxygen atoms in total. The summed E-state index contributed by atoms with van der Waals surface area (Å²) >= 11 is 0. The van der Waals surface area contributed by atoms with Crippen molar-refractivity contribution < 1.29 is 9.90 Å². The zero-order valence-corrected chi connectivity index (χ0v) is 12.1. The van der Waals surface area contributed by atoms with Crippen LogP contribution in [0.2, 0.25) is 0 Å². The van der Waals surface area contributed by atoms with Crippen LogP contribution in [-0.4, -0.2) is 17.1 Å². The smallest absolute Gasteiger partial charge is 0.224 e. The molecule has 1 atom stereocenters. The van der Waals surface area contributed by atoms with Gasteiger partial charge in [-0.3, -0.25) is 4.79 Å². The van der Waals surface area contributed by atoms with Crippen molar-refractivity contribution in [1.29, 1.82) is 0 Å². The number of carbonyl (C=O) groups excluding carboxylic acids is 1. The first kappa shape index (κ1) is 14.8. The minimum Gasteiger partial charge on any atom is -0.392 e. The normalized spacial score (nSPS) is 16.4. The SMILES string of the molecule is CC(NC(=O)Cc1ccc(CO)cc1)C1=CCCCC1. The summed E-state index contributed by atoms with van der Waals surface area (Å²) in [6.07, 6.45) is 7.40. The lowest BCUT2D eigenvalue weighted by atomic mass is 9.94. The van der Waals surface area contributed by atoms with E-state index in [-0.39, 0.29) is 18.6 Å². The van der Waals surface area contributed by atoms with Crippen molar-refractivity contribution >= 4 is 5.91 Å². The molecule has 1 unspecified atom stereocenters. The van der Waals surface area contributed by atoms with E-state index in [4.69, 9.17) is 5.11 Å². The first-order valence-electron chi connectivity index (χ1n) is 7.36. The van der Waals surface area contributed by atoms with Crippen LogP contribution in [0.15, 0.2) is 35.9 Å². The lowest BCUT2D eigenvalue weighted by Gasteiger charge is -2.20. The Labute approximate surface area is 120 Å². The van der Waals surface area contributed by atoms with Crippen LogP contribution >= 0.6 is 0 Å². The van der Waals surface area contributed by atoms with Crippen LogP contribution in [0, 0.1) is 0 Å². The average Bonchev–Trinajstić information content (AvgIpc) is 2.49. The lowest BCUT2D eigenvalue weighted by molar-refractivity contribution is -0.120. The molecule has 3 heteroatoms. The lowest BCUT2D eigenvalue weighted by Crippen LogP contribution is -2.35. The molecular weight excluding hydrogens is 250 g/mol. The summed E-state index contributed by atoms with van der Waals surface area (Å²) in [5.41, 5.74) is 3.21. The van der Waals surface area contributed by atoms with Crippen molar-refractivity contribution in [3.63, 3.8) is 0 Å². The molecule has 0 aromatic heterocycles.